The van der Waals surface area contributed by atoms with E-state index in [1.807, 2.05) is 0 Å². The third-order valence-electron chi connectivity index (χ3n) is 7.87. The molecule has 2 aliphatic rings. The number of nitrogens with one attached hydrogen (secondary N) is 3. The molecule has 42 heavy (non-hydrogen) atoms. The lowest BCUT2D eigenvalue weighted by Gasteiger charge is -2.38. The van der Waals surface area contributed by atoms with Crippen LogP contribution in [0.15, 0.2) is 36.7 Å². The van der Waals surface area contributed by atoms with Crippen LogP contribution < -0.4 is 16.0 Å². The van der Waals surface area contributed by atoms with Crippen molar-refractivity contribution < 1.29 is 27.9 Å². The standard InChI is InChI=1S/C29H32F3N7O3/c1-28(2,42)25(30)15-36-27(41)21-14-34-23(24-4-3-20-7-17(11-33)13-37-39(20)24)8-22(21)38-19-5-16(6-19)12-35-26(40)18-9-29(31,32)10-18/h3-4,7-8,13-14,16,18-19,25,42H,5-6,9-10,12,15H2,1-2H3,(H,34,38)(H,35,40)(H,36,41). The Hall–Kier alpha value is -4.18. The number of nitrogens with zero attached hydrogens (tertiary/aromatic N) is 4. The molecule has 2 saturated carbocycles. The van der Waals surface area contributed by atoms with Gasteiger partial charge in [0.2, 0.25) is 11.8 Å². The number of aromatic nitrogens is 3. The molecule has 1 atom stereocenters. The van der Waals surface area contributed by atoms with E-state index in [1.54, 1.807) is 28.8 Å². The molecule has 10 nitrogen and oxygen atoms in total. The molecule has 0 bridgehead atoms. The van der Waals surface area contributed by atoms with Gasteiger partial charge in [0.05, 0.1) is 52.1 Å². The number of halogens is 3. The number of hydrogen-bond acceptors (Lipinski definition) is 7. The third-order valence-corrected chi connectivity index (χ3v) is 7.87. The molecule has 0 aliphatic heterocycles. The zero-order chi connectivity index (χ0) is 30.2. The van der Waals surface area contributed by atoms with Crippen molar-refractivity contribution in [3.05, 3.63) is 47.8 Å². The third kappa shape index (κ3) is 6.33. The second-order valence-electron chi connectivity index (χ2n) is 11.7. The van der Waals surface area contributed by atoms with Gasteiger partial charge in [-0.3, -0.25) is 14.6 Å². The van der Waals surface area contributed by atoms with Crippen molar-refractivity contribution in [3.63, 3.8) is 0 Å². The number of alkyl halides is 3. The Kier molecular flexibility index (Phi) is 7.85. The SMILES string of the molecule is CC(C)(O)C(F)CNC(=O)c1cnc(-c2ccc3cc(C#N)cnn23)cc1NC1CC(CNC(=O)C2CC(F)(F)C2)C1. The summed E-state index contributed by atoms with van der Waals surface area (Å²) in [6, 6.07) is 9.00. The molecule has 3 aromatic rings. The number of rotatable bonds is 10. The molecule has 2 amide bonds. The Labute approximate surface area is 240 Å². The fourth-order valence-electron chi connectivity index (χ4n) is 5.15. The maximum atomic E-state index is 14.3. The number of carbonyl (C=O) groups is 2. The minimum absolute atomic E-state index is 0.0348. The highest BCUT2D eigenvalue weighted by atomic mass is 19.3. The van der Waals surface area contributed by atoms with Crippen LogP contribution in [0.3, 0.4) is 0 Å². The fourth-order valence-corrected chi connectivity index (χ4v) is 5.15. The molecule has 3 aromatic heterocycles. The molecule has 1 unspecified atom stereocenters. The topological polar surface area (TPSA) is 144 Å². The summed E-state index contributed by atoms with van der Waals surface area (Å²) in [5.41, 5.74) is 1.26. The highest BCUT2D eigenvalue weighted by Gasteiger charge is 2.48. The van der Waals surface area contributed by atoms with Crippen LogP contribution in [0.2, 0.25) is 0 Å². The van der Waals surface area contributed by atoms with E-state index in [4.69, 9.17) is 5.26 Å². The Balaban J connectivity index is 1.29. The van der Waals surface area contributed by atoms with Crippen LogP contribution in [0.5, 0.6) is 0 Å². The van der Waals surface area contributed by atoms with Crippen LogP contribution in [0, 0.1) is 23.2 Å². The van der Waals surface area contributed by atoms with Crippen molar-refractivity contribution in [2.75, 3.05) is 18.4 Å². The molecule has 0 saturated heterocycles. The molecule has 3 heterocycles. The first-order valence-electron chi connectivity index (χ1n) is 13.8. The van der Waals surface area contributed by atoms with Gasteiger partial charge in [-0.05, 0) is 56.9 Å². The summed E-state index contributed by atoms with van der Waals surface area (Å²) in [5.74, 6) is -4.15. The summed E-state index contributed by atoms with van der Waals surface area (Å²) in [6.07, 6.45) is 1.68. The molecular formula is C29H32F3N7O3. The number of aliphatic hydroxyl groups is 1. The number of carbonyl (C=O) groups excluding carboxylic acids is 2. The second kappa shape index (κ2) is 11.2. The molecule has 0 aromatic carbocycles. The normalized spacial score (nSPS) is 20.6. The Morgan fingerprint density at radius 2 is 1.95 bits per heavy atom. The van der Waals surface area contributed by atoms with Gasteiger partial charge in [-0.25, -0.2) is 17.7 Å². The lowest BCUT2D eigenvalue weighted by molar-refractivity contribution is -0.150. The first-order valence-corrected chi connectivity index (χ1v) is 13.8. The second-order valence-corrected chi connectivity index (χ2v) is 11.7. The molecule has 0 spiro atoms. The number of nitriles is 1. The van der Waals surface area contributed by atoms with Crippen molar-refractivity contribution in [1.82, 2.24) is 25.2 Å². The Morgan fingerprint density at radius 3 is 2.62 bits per heavy atom. The number of fused-ring (bicyclic) bond motifs is 1. The van der Waals surface area contributed by atoms with E-state index in [-0.39, 0.29) is 23.4 Å². The predicted octanol–water partition coefficient (Wildman–Crippen LogP) is 3.46. The molecule has 5 rings (SSSR count). The maximum absolute atomic E-state index is 14.3. The van der Waals surface area contributed by atoms with Crippen LogP contribution in [-0.2, 0) is 4.79 Å². The number of pyridine rings is 1. The van der Waals surface area contributed by atoms with Crippen molar-refractivity contribution >= 4 is 23.0 Å². The molecule has 2 aliphatic carbocycles. The van der Waals surface area contributed by atoms with Crippen molar-refractivity contribution in [3.8, 4) is 17.5 Å². The van der Waals surface area contributed by atoms with E-state index >= 15 is 0 Å². The molecule has 13 heteroatoms. The largest absolute Gasteiger partial charge is 0.387 e. The molecule has 4 N–H and O–H groups in total. The number of amides is 2. The van der Waals surface area contributed by atoms with Gasteiger partial charge in [0.1, 0.15) is 12.2 Å². The molecule has 222 valence electrons. The quantitative estimate of drug-likeness (QED) is 0.286. The van der Waals surface area contributed by atoms with Gasteiger partial charge in [-0.1, -0.05) is 0 Å². The Morgan fingerprint density at radius 1 is 1.21 bits per heavy atom. The summed E-state index contributed by atoms with van der Waals surface area (Å²) >= 11 is 0. The minimum Gasteiger partial charge on any atom is -0.387 e. The minimum atomic E-state index is -2.75. The summed E-state index contributed by atoms with van der Waals surface area (Å²) in [6.45, 7) is 2.63. The van der Waals surface area contributed by atoms with E-state index in [9.17, 15) is 27.9 Å². The van der Waals surface area contributed by atoms with Crippen LogP contribution in [-0.4, -0.2) is 68.3 Å². The zero-order valence-corrected chi connectivity index (χ0v) is 23.2. The van der Waals surface area contributed by atoms with E-state index < -0.39 is 48.9 Å². The lowest BCUT2D eigenvalue weighted by Crippen LogP contribution is -2.48. The highest BCUT2D eigenvalue weighted by molar-refractivity contribution is 6.00. The predicted molar refractivity (Wildman–Crippen MR) is 147 cm³/mol. The van der Waals surface area contributed by atoms with Gasteiger partial charge in [0, 0.05) is 37.5 Å². The maximum Gasteiger partial charge on any atom is 0.255 e. The van der Waals surface area contributed by atoms with Crippen LogP contribution in [0.4, 0.5) is 18.9 Å². The summed E-state index contributed by atoms with van der Waals surface area (Å²) in [7, 11) is 0. The summed E-state index contributed by atoms with van der Waals surface area (Å²) in [4.78, 5) is 29.6. The van der Waals surface area contributed by atoms with Gasteiger partial charge < -0.3 is 21.1 Å². The van der Waals surface area contributed by atoms with Crippen molar-refractivity contribution in [2.45, 2.75) is 63.3 Å². The summed E-state index contributed by atoms with van der Waals surface area (Å²) in [5, 5.41) is 32.0. The van der Waals surface area contributed by atoms with Gasteiger partial charge in [-0.15, -0.1) is 0 Å². The highest BCUT2D eigenvalue weighted by Crippen LogP contribution is 2.42. The van der Waals surface area contributed by atoms with Gasteiger partial charge >= 0.3 is 0 Å². The smallest absolute Gasteiger partial charge is 0.255 e. The fraction of sp³-hybridized carbons (Fsp3) is 0.483. The molecular weight excluding hydrogens is 551 g/mol. The van der Waals surface area contributed by atoms with E-state index in [0.717, 1.165) is 0 Å². The van der Waals surface area contributed by atoms with Gasteiger partial charge in [-0.2, -0.15) is 10.4 Å². The first kappa shape index (κ1) is 29.3. The lowest BCUT2D eigenvalue weighted by atomic mass is 9.78. The van der Waals surface area contributed by atoms with Gasteiger partial charge in [0.25, 0.3) is 5.91 Å². The molecule has 2 fully saturated rings. The van der Waals surface area contributed by atoms with Crippen LogP contribution >= 0.6 is 0 Å². The first-order chi connectivity index (χ1) is 19.8. The number of hydrogen-bond donors (Lipinski definition) is 4. The van der Waals surface area contributed by atoms with E-state index in [0.29, 0.717) is 47.5 Å². The Bertz CT molecular complexity index is 1530. The average Bonchev–Trinajstić information content (AvgIpc) is 3.33. The zero-order valence-electron chi connectivity index (χ0n) is 23.2. The van der Waals surface area contributed by atoms with Crippen LogP contribution in [0.25, 0.3) is 16.9 Å². The van der Waals surface area contributed by atoms with E-state index in [1.165, 1.54) is 26.2 Å². The van der Waals surface area contributed by atoms with Crippen molar-refractivity contribution in [2.24, 2.45) is 11.8 Å². The van der Waals surface area contributed by atoms with Crippen molar-refractivity contribution in [1.29, 1.82) is 5.26 Å². The van der Waals surface area contributed by atoms with Crippen LogP contribution in [0.1, 0.15) is 55.5 Å². The monoisotopic (exact) mass is 583 g/mol. The van der Waals surface area contributed by atoms with Gasteiger partial charge in [0.15, 0.2) is 0 Å². The summed E-state index contributed by atoms with van der Waals surface area (Å²) < 4.78 is 42.1. The average molecular weight is 584 g/mol. The molecule has 0 radical (unpaired) electrons. The number of anilines is 1. The van der Waals surface area contributed by atoms with E-state index in [2.05, 4.69) is 32.1 Å².